The van der Waals surface area contributed by atoms with Gasteiger partial charge in [-0.05, 0) is 38.9 Å². The maximum atomic E-state index is 11.0. The molecule has 0 heterocycles. The molecule has 0 aliphatic rings. The van der Waals surface area contributed by atoms with Gasteiger partial charge >= 0.3 is 5.97 Å². The van der Waals surface area contributed by atoms with Crippen molar-refractivity contribution < 1.29 is 9.90 Å². The van der Waals surface area contributed by atoms with Gasteiger partial charge in [-0.25, -0.2) is 0 Å². The highest BCUT2D eigenvalue weighted by atomic mass is 16.4. The molecule has 0 atom stereocenters. The Balaban J connectivity index is 3.59. The van der Waals surface area contributed by atoms with Crippen LogP contribution in [0.15, 0.2) is 0 Å². The Kier molecular flexibility index (Phi) is 41.1. The van der Waals surface area contributed by atoms with Gasteiger partial charge in [0.15, 0.2) is 0 Å². The lowest BCUT2D eigenvalue weighted by Gasteiger charge is -2.22. The standard InChI is InChI=1S/C44H89NO2/c1-3-5-7-9-11-13-15-17-19-21-23-25-27-29-31-33-35-37-41-45(43-39-40-44(46)47)42-38-36-34-32-30-28-26-24-22-20-18-16-14-12-10-8-6-4-2/h3-43H2,1-2H3,(H,46,47). The number of nitrogens with zero attached hydrogens (tertiary/aromatic N) is 1. The Morgan fingerprint density at radius 1 is 0.319 bits per heavy atom. The van der Waals surface area contributed by atoms with E-state index in [-0.39, 0.29) is 0 Å². The highest BCUT2D eigenvalue weighted by molar-refractivity contribution is 5.66. The van der Waals surface area contributed by atoms with Crippen molar-refractivity contribution in [2.75, 3.05) is 19.6 Å². The summed E-state index contributed by atoms with van der Waals surface area (Å²) < 4.78 is 0. The number of carbonyl (C=O) groups is 1. The lowest BCUT2D eigenvalue weighted by atomic mass is 10.0. The number of hydrogen-bond acceptors (Lipinski definition) is 2. The second-order valence-electron chi connectivity index (χ2n) is 15.4. The van der Waals surface area contributed by atoms with E-state index in [1.807, 2.05) is 0 Å². The average molecular weight is 664 g/mol. The number of carboxylic acids is 1. The number of unbranched alkanes of at least 4 members (excludes halogenated alkanes) is 34. The molecule has 0 amide bonds. The maximum Gasteiger partial charge on any atom is 0.303 e. The van der Waals surface area contributed by atoms with Crippen LogP contribution in [0.2, 0.25) is 0 Å². The molecule has 0 saturated carbocycles. The molecule has 0 radical (unpaired) electrons. The molecule has 0 unspecified atom stereocenters. The van der Waals surface area contributed by atoms with Gasteiger partial charge in [0.1, 0.15) is 0 Å². The molecule has 282 valence electrons. The summed E-state index contributed by atoms with van der Waals surface area (Å²) in [6.07, 6.45) is 52.2. The van der Waals surface area contributed by atoms with E-state index in [0.29, 0.717) is 6.42 Å². The van der Waals surface area contributed by atoms with E-state index < -0.39 is 5.97 Å². The summed E-state index contributed by atoms with van der Waals surface area (Å²) in [5, 5.41) is 9.09. The molecule has 3 nitrogen and oxygen atoms in total. The van der Waals surface area contributed by atoms with Gasteiger partial charge in [-0.3, -0.25) is 4.79 Å². The fraction of sp³-hybridized carbons (Fsp3) is 0.977. The lowest BCUT2D eigenvalue weighted by molar-refractivity contribution is -0.137. The van der Waals surface area contributed by atoms with Crippen molar-refractivity contribution >= 4 is 5.97 Å². The van der Waals surface area contributed by atoms with Crippen LogP contribution >= 0.6 is 0 Å². The highest BCUT2D eigenvalue weighted by Gasteiger charge is 2.07. The van der Waals surface area contributed by atoms with E-state index in [4.69, 9.17) is 5.11 Å². The molecular weight excluding hydrogens is 574 g/mol. The van der Waals surface area contributed by atoms with Crippen LogP contribution < -0.4 is 0 Å². The van der Waals surface area contributed by atoms with Crippen molar-refractivity contribution in [3.05, 3.63) is 0 Å². The van der Waals surface area contributed by atoms with Crippen LogP contribution in [0.4, 0.5) is 0 Å². The minimum atomic E-state index is -0.647. The fourth-order valence-electron chi connectivity index (χ4n) is 7.26. The van der Waals surface area contributed by atoms with E-state index in [9.17, 15) is 4.79 Å². The minimum Gasteiger partial charge on any atom is -0.481 e. The monoisotopic (exact) mass is 664 g/mol. The van der Waals surface area contributed by atoms with Crippen molar-refractivity contribution in [3.63, 3.8) is 0 Å². The molecule has 3 heteroatoms. The summed E-state index contributed by atoms with van der Waals surface area (Å²) in [5.41, 5.74) is 0. The quantitative estimate of drug-likeness (QED) is 0.0661. The van der Waals surface area contributed by atoms with Crippen LogP contribution in [-0.2, 0) is 4.79 Å². The van der Waals surface area contributed by atoms with Crippen molar-refractivity contribution in [2.24, 2.45) is 0 Å². The SMILES string of the molecule is CCCCCCCCCCCCCCCCCCCCN(CCCCCCCCCCCCCCCCCCCC)CCCC(=O)O. The first-order valence-electron chi connectivity index (χ1n) is 22.1. The molecule has 0 spiro atoms. The number of hydrogen-bond donors (Lipinski definition) is 1. The molecule has 0 aromatic carbocycles. The molecule has 47 heavy (non-hydrogen) atoms. The first kappa shape index (κ1) is 46.4. The topological polar surface area (TPSA) is 40.5 Å². The Labute approximate surface area is 297 Å². The van der Waals surface area contributed by atoms with Gasteiger partial charge < -0.3 is 10.0 Å². The number of aliphatic carboxylic acids is 1. The molecule has 0 aromatic rings. The summed E-state index contributed by atoms with van der Waals surface area (Å²) >= 11 is 0. The average Bonchev–Trinajstić information content (AvgIpc) is 3.06. The Morgan fingerprint density at radius 3 is 0.723 bits per heavy atom. The third kappa shape index (κ3) is 41.5. The van der Waals surface area contributed by atoms with Gasteiger partial charge in [-0.2, -0.15) is 0 Å². The lowest BCUT2D eigenvalue weighted by Crippen LogP contribution is -2.27. The third-order valence-corrected chi connectivity index (χ3v) is 10.5. The fourth-order valence-corrected chi connectivity index (χ4v) is 7.26. The molecule has 0 fully saturated rings. The second kappa shape index (κ2) is 41.6. The van der Waals surface area contributed by atoms with Gasteiger partial charge in [0, 0.05) is 6.42 Å². The molecule has 0 rings (SSSR count). The Morgan fingerprint density at radius 2 is 0.511 bits per heavy atom. The van der Waals surface area contributed by atoms with Crippen LogP contribution in [-0.4, -0.2) is 35.6 Å². The molecule has 0 bridgehead atoms. The maximum absolute atomic E-state index is 11.0. The molecule has 0 aliphatic heterocycles. The van der Waals surface area contributed by atoms with Gasteiger partial charge in [0.2, 0.25) is 0 Å². The van der Waals surface area contributed by atoms with Crippen LogP contribution in [0.5, 0.6) is 0 Å². The molecule has 1 N–H and O–H groups in total. The largest absolute Gasteiger partial charge is 0.481 e. The summed E-state index contributed by atoms with van der Waals surface area (Å²) in [5.74, 6) is -0.647. The molecule has 0 saturated heterocycles. The van der Waals surface area contributed by atoms with Crippen molar-refractivity contribution in [3.8, 4) is 0 Å². The predicted molar refractivity (Wildman–Crippen MR) is 211 cm³/mol. The molecule has 0 aromatic heterocycles. The Hall–Kier alpha value is -0.570. The van der Waals surface area contributed by atoms with Gasteiger partial charge in [-0.15, -0.1) is 0 Å². The van der Waals surface area contributed by atoms with E-state index in [1.54, 1.807) is 0 Å². The van der Waals surface area contributed by atoms with Crippen molar-refractivity contribution in [1.82, 2.24) is 4.90 Å². The molecule has 0 aliphatic carbocycles. The van der Waals surface area contributed by atoms with Crippen LogP contribution in [0.3, 0.4) is 0 Å². The van der Waals surface area contributed by atoms with Gasteiger partial charge in [0.25, 0.3) is 0 Å². The van der Waals surface area contributed by atoms with Crippen LogP contribution in [0.1, 0.15) is 258 Å². The normalized spacial score (nSPS) is 11.6. The zero-order valence-electron chi connectivity index (χ0n) is 32.8. The van der Waals surface area contributed by atoms with Crippen LogP contribution in [0.25, 0.3) is 0 Å². The zero-order chi connectivity index (χ0) is 34.1. The van der Waals surface area contributed by atoms with Crippen LogP contribution in [0, 0.1) is 0 Å². The summed E-state index contributed by atoms with van der Waals surface area (Å²) in [4.78, 5) is 13.6. The number of rotatable bonds is 42. The van der Waals surface area contributed by atoms with Gasteiger partial charge in [-0.1, -0.05) is 232 Å². The summed E-state index contributed by atoms with van der Waals surface area (Å²) in [7, 11) is 0. The van der Waals surface area contributed by atoms with Crippen molar-refractivity contribution in [1.29, 1.82) is 0 Å². The van der Waals surface area contributed by atoms with E-state index in [1.165, 1.54) is 231 Å². The minimum absolute atomic E-state index is 0.314. The first-order valence-corrected chi connectivity index (χ1v) is 22.1. The Bertz CT molecular complexity index is 539. The second-order valence-corrected chi connectivity index (χ2v) is 15.4. The summed E-state index contributed by atoms with van der Waals surface area (Å²) in [6, 6.07) is 0. The van der Waals surface area contributed by atoms with E-state index in [2.05, 4.69) is 18.7 Å². The van der Waals surface area contributed by atoms with Gasteiger partial charge in [0.05, 0.1) is 0 Å². The third-order valence-electron chi connectivity index (χ3n) is 10.5. The highest BCUT2D eigenvalue weighted by Crippen LogP contribution is 2.16. The first-order chi connectivity index (χ1) is 23.2. The molecular formula is C44H89NO2. The number of carboxylic acid groups (broad SMARTS) is 1. The smallest absolute Gasteiger partial charge is 0.303 e. The van der Waals surface area contributed by atoms with E-state index in [0.717, 1.165) is 26.1 Å². The summed E-state index contributed by atoms with van der Waals surface area (Å²) in [6.45, 7) is 7.89. The van der Waals surface area contributed by atoms with Crippen molar-refractivity contribution in [2.45, 2.75) is 258 Å². The predicted octanol–water partition coefficient (Wildman–Crippen LogP) is 15.2. The van der Waals surface area contributed by atoms with E-state index >= 15 is 0 Å². The zero-order valence-corrected chi connectivity index (χ0v) is 32.8.